The number of methoxy groups -OCH3 is 2. The molecule has 0 spiro atoms. The standard InChI is InChI=1S/C19H31N5O3/c1-26-13-9-21-18(25)15-4-3-10-24(14-15)16-5-11-23(12-6-16)17-19(27-2)22-8-7-20-17/h7-8,15-16H,3-6,9-14H2,1-2H3,(H,21,25)/t15-/m1/s1. The van der Waals surface area contributed by atoms with Crippen LogP contribution in [0.3, 0.4) is 0 Å². The Bertz CT molecular complexity index is 607. The van der Waals surface area contributed by atoms with Crippen LogP contribution in [-0.2, 0) is 9.53 Å². The number of anilines is 1. The maximum absolute atomic E-state index is 12.4. The van der Waals surface area contributed by atoms with E-state index in [4.69, 9.17) is 9.47 Å². The van der Waals surface area contributed by atoms with Crippen LogP contribution in [0.15, 0.2) is 12.4 Å². The Balaban J connectivity index is 1.51. The van der Waals surface area contributed by atoms with Crippen molar-refractivity contribution in [3.63, 3.8) is 0 Å². The van der Waals surface area contributed by atoms with Crippen molar-refractivity contribution in [2.75, 3.05) is 58.5 Å². The summed E-state index contributed by atoms with van der Waals surface area (Å²) < 4.78 is 10.4. The van der Waals surface area contributed by atoms with Crippen LogP contribution in [0.25, 0.3) is 0 Å². The van der Waals surface area contributed by atoms with Gasteiger partial charge in [-0.1, -0.05) is 0 Å². The maximum atomic E-state index is 12.4. The number of carbonyl (C=O) groups is 1. The summed E-state index contributed by atoms with van der Waals surface area (Å²) in [6, 6.07) is 0.526. The first-order chi connectivity index (χ1) is 13.2. The van der Waals surface area contributed by atoms with Gasteiger partial charge >= 0.3 is 0 Å². The van der Waals surface area contributed by atoms with Crippen LogP contribution < -0.4 is 15.0 Å². The molecule has 2 fully saturated rings. The number of rotatable bonds is 7. The second-order valence-corrected chi connectivity index (χ2v) is 7.23. The van der Waals surface area contributed by atoms with E-state index in [1.165, 1.54) is 0 Å². The topological polar surface area (TPSA) is 79.8 Å². The van der Waals surface area contributed by atoms with E-state index >= 15 is 0 Å². The van der Waals surface area contributed by atoms with Crippen molar-refractivity contribution in [2.45, 2.75) is 31.7 Å². The third-order valence-electron chi connectivity index (χ3n) is 5.55. The monoisotopic (exact) mass is 377 g/mol. The molecule has 1 aromatic rings. The number of nitrogens with zero attached hydrogens (tertiary/aromatic N) is 4. The Kier molecular flexibility index (Phi) is 7.23. The summed E-state index contributed by atoms with van der Waals surface area (Å²) in [6.45, 7) is 4.96. The Hall–Kier alpha value is -1.93. The largest absolute Gasteiger partial charge is 0.478 e. The zero-order valence-electron chi connectivity index (χ0n) is 16.4. The van der Waals surface area contributed by atoms with Crippen molar-refractivity contribution >= 4 is 11.7 Å². The van der Waals surface area contributed by atoms with Gasteiger partial charge in [0.25, 0.3) is 5.88 Å². The van der Waals surface area contributed by atoms with Gasteiger partial charge in [-0.05, 0) is 32.2 Å². The molecular formula is C19H31N5O3. The number of likely N-dealkylation sites (tertiary alicyclic amines) is 1. The number of aromatic nitrogens is 2. The van der Waals surface area contributed by atoms with Gasteiger partial charge in [0, 0.05) is 51.7 Å². The Morgan fingerprint density at radius 2 is 1.96 bits per heavy atom. The molecule has 3 rings (SSSR count). The molecule has 1 N–H and O–H groups in total. The van der Waals surface area contributed by atoms with E-state index in [1.54, 1.807) is 26.6 Å². The normalized spacial score (nSPS) is 21.9. The van der Waals surface area contributed by atoms with Crippen molar-refractivity contribution in [2.24, 2.45) is 5.92 Å². The number of ether oxygens (including phenoxy) is 2. The summed E-state index contributed by atoms with van der Waals surface area (Å²) in [5, 5.41) is 2.99. The molecular weight excluding hydrogens is 346 g/mol. The van der Waals surface area contributed by atoms with Gasteiger partial charge < -0.3 is 19.7 Å². The summed E-state index contributed by atoms with van der Waals surface area (Å²) >= 11 is 0. The highest BCUT2D eigenvalue weighted by Crippen LogP contribution is 2.28. The van der Waals surface area contributed by atoms with Gasteiger partial charge in [-0.3, -0.25) is 9.69 Å². The highest BCUT2D eigenvalue weighted by molar-refractivity contribution is 5.78. The fraction of sp³-hybridized carbons (Fsp3) is 0.737. The van der Waals surface area contributed by atoms with Crippen LogP contribution in [0, 0.1) is 5.92 Å². The molecule has 0 saturated carbocycles. The molecule has 0 bridgehead atoms. The summed E-state index contributed by atoms with van der Waals surface area (Å²) in [7, 11) is 3.28. The first-order valence-corrected chi connectivity index (χ1v) is 9.83. The second kappa shape index (κ2) is 9.85. The van der Waals surface area contributed by atoms with Gasteiger partial charge in [0.05, 0.1) is 19.6 Å². The van der Waals surface area contributed by atoms with Crippen LogP contribution in [-0.4, -0.2) is 80.4 Å². The molecule has 8 nitrogen and oxygen atoms in total. The van der Waals surface area contributed by atoms with E-state index in [2.05, 4.69) is 25.1 Å². The smallest absolute Gasteiger partial charge is 0.257 e. The lowest BCUT2D eigenvalue weighted by atomic mass is 9.93. The number of hydrogen-bond donors (Lipinski definition) is 1. The van der Waals surface area contributed by atoms with Crippen LogP contribution >= 0.6 is 0 Å². The molecule has 0 aromatic carbocycles. The average molecular weight is 377 g/mol. The zero-order valence-corrected chi connectivity index (χ0v) is 16.4. The summed E-state index contributed by atoms with van der Waals surface area (Å²) in [4.78, 5) is 25.8. The van der Waals surface area contributed by atoms with E-state index in [1.807, 2.05) is 0 Å². The van der Waals surface area contributed by atoms with Crippen LogP contribution in [0.1, 0.15) is 25.7 Å². The summed E-state index contributed by atoms with van der Waals surface area (Å²) in [5.74, 6) is 1.67. The van der Waals surface area contributed by atoms with E-state index in [0.29, 0.717) is 25.1 Å². The van der Waals surface area contributed by atoms with Crippen LogP contribution in [0.5, 0.6) is 5.88 Å². The number of piperidine rings is 2. The SMILES string of the molecule is COCCNC(=O)[C@@H]1CCCN(C2CCN(c3nccnc3OC)CC2)C1. The first-order valence-electron chi connectivity index (χ1n) is 9.83. The van der Waals surface area contributed by atoms with Gasteiger partial charge in [-0.25, -0.2) is 9.97 Å². The molecule has 150 valence electrons. The van der Waals surface area contributed by atoms with Gasteiger partial charge in [-0.2, -0.15) is 0 Å². The summed E-state index contributed by atoms with van der Waals surface area (Å²) in [5.41, 5.74) is 0. The zero-order chi connectivity index (χ0) is 19.1. The number of carbonyl (C=O) groups excluding carboxylic acids is 1. The molecule has 1 atom stereocenters. The molecule has 27 heavy (non-hydrogen) atoms. The second-order valence-electron chi connectivity index (χ2n) is 7.23. The Morgan fingerprint density at radius 1 is 1.19 bits per heavy atom. The lowest BCUT2D eigenvalue weighted by molar-refractivity contribution is -0.127. The minimum atomic E-state index is 0.0914. The maximum Gasteiger partial charge on any atom is 0.257 e. The fourth-order valence-corrected chi connectivity index (χ4v) is 4.09. The fourth-order valence-electron chi connectivity index (χ4n) is 4.09. The van der Waals surface area contributed by atoms with Gasteiger partial charge in [-0.15, -0.1) is 0 Å². The minimum Gasteiger partial charge on any atom is -0.478 e. The van der Waals surface area contributed by atoms with Crippen LogP contribution in [0.4, 0.5) is 5.82 Å². The molecule has 2 aliphatic heterocycles. The molecule has 2 saturated heterocycles. The molecule has 3 heterocycles. The quantitative estimate of drug-likeness (QED) is 0.708. The Labute approximate surface area is 161 Å². The minimum absolute atomic E-state index is 0.0914. The van der Waals surface area contributed by atoms with Crippen LogP contribution in [0.2, 0.25) is 0 Å². The van der Waals surface area contributed by atoms with Crippen molar-refractivity contribution in [1.82, 2.24) is 20.2 Å². The third kappa shape index (κ3) is 5.07. The molecule has 0 aliphatic carbocycles. The van der Waals surface area contributed by atoms with Gasteiger partial charge in [0.1, 0.15) is 0 Å². The highest BCUT2D eigenvalue weighted by atomic mass is 16.5. The molecule has 0 unspecified atom stereocenters. The van der Waals surface area contributed by atoms with Gasteiger partial charge in [0.15, 0.2) is 5.82 Å². The van der Waals surface area contributed by atoms with Crippen molar-refractivity contribution < 1.29 is 14.3 Å². The first kappa shape index (κ1) is 19.8. The third-order valence-corrected chi connectivity index (χ3v) is 5.55. The van der Waals surface area contributed by atoms with Crippen molar-refractivity contribution in [1.29, 1.82) is 0 Å². The number of nitrogens with one attached hydrogen (secondary N) is 1. The predicted molar refractivity (Wildman–Crippen MR) is 103 cm³/mol. The van der Waals surface area contributed by atoms with E-state index in [-0.39, 0.29) is 11.8 Å². The number of amides is 1. The highest BCUT2D eigenvalue weighted by Gasteiger charge is 2.32. The molecule has 1 amide bonds. The molecule has 0 radical (unpaired) electrons. The van der Waals surface area contributed by atoms with E-state index in [0.717, 1.165) is 57.7 Å². The van der Waals surface area contributed by atoms with Gasteiger partial charge in [0.2, 0.25) is 5.91 Å². The summed E-state index contributed by atoms with van der Waals surface area (Å²) in [6.07, 6.45) is 7.56. The Morgan fingerprint density at radius 3 is 2.70 bits per heavy atom. The lowest BCUT2D eigenvalue weighted by Crippen LogP contribution is -2.51. The average Bonchev–Trinajstić information content (AvgIpc) is 2.74. The van der Waals surface area contributed by atoms with E-state index in [9.17, 15) is 4.79 Å². The molecule has 1 aromatic heterocycles. The predicted octanol–water partition coefficient (Wildman–Crippen LogP) is 0.929. The van der Waals surface area contributed by atoms with Crippen molar-refractivity contribution in [3.05, 3.63) is 12.4 Å². The lowest BCUT2D eigenvalue weighted by Gasteiger charge is -2.42. The molecule has 8 heteroatoms. The molecule has 2 aliphatic rings. The van der Waals surface area contributed by atoms with E-state index < -0.39 is 0 Å². The van der Waals surface area contributed by atoms with Crippen molar-refractivity contribution in [3.8, 4) is 5.88 Å². The number of hydrogen-bond acceptors (Lipinski definition) is 7.